The van der Waals surface area contributed by atoms with Crippen LogP contribution >= 0.6 is 0 Å². The zero-order valence-corrected chi connectivity index (χ0v) is 9.33. The Bertz CT molecular complexity index is 204. The van der Waals surface area contributed by atoms with Gasteiger partial charge in [-0.2, -0.15) is 0 Å². The minimum atomic E-state index is -0.0521. The maximum Gasteiger partial charge on any atom is 0.0627 e. The van der Waals surface area contributed by atoms with Crippen molar-refractivity contribution in [1.82, 2.24) is 0 Å². The fourth-order valence-corrected chi connectivity index (χ4v) is 3.54. The lowest BCUT2D eigenvalue weighted by molar-refractivity contribution is -0.108. The van der Waals surface area contributed by atoms with E-state index < -0.39 is 0 Å². The van der Waals surface area contributed by atoms with Crippen LogP contribution in [0.25, 0.3) is 0 Å². The molecule has 0 radical (unpaired) electrons. The van der Waals surface area contributed by atoms with Gasteiger partial charge in [-0.3, -0.25) is 0 Å². The van der Waals surface area contributed by atoms with Gasteiger partial charge >= 0.3 is 0 Å². The number of fused-ring (bicyclic) bond motifs is 1. The summed E-state index contributed by atoms with van der Waals surface area (Å²) in [4.78, 5) is 0. The highest BCUT2D eigenvalue weighted by Gasteiger charge is 2.47. The van der Waals surface area contributed by atoms with E-state index in [4.69, 9.17) is 4.74 Å². The molecule has 1 N–H and O–H groups in total. The molecule has 14 heavy (non-hydrogen) atoms. The summed E-state index contributed by atoms with van der Waals surface area (Å²) >= 11 is 0. The molecule has 0 aromatic heterocycles. The Morgan fingerprint density at radius 3 is 2.79 bits per heavy atom. The fraction of sp³-hybridized carbons (Fsp3) is 1.00. The lowest BCUT2D eigenvalue weighted by Gasteiger charge is -2.50. The summed E-state index contributed by atoms with van der Waals surface area (Å²) in [7, 11) is 1.84. The third-order valence-electron chi connectivity index (χ3n) is 4.54. The summed E-state index contributed by atoms with van der Waals surface area (Å²) in [6.07, 6.45) is 7.23. The van der Waals surface area contributed by atoms with Crippen LogP contribution in [0.15, 0.2) is 0 Å². The lowest BCUT2D eigenvalue weighted by atomic mass is 9.58. The Morgan fingerprint density at radius 1 is 1.29 bits per heavy atom. The van der Waals surface area contributed by atoms with Gasteiger partial charge in [0.05, 0.1) is 12.2 Å². The van der Waals surface area contributed by atoms with Gasteiger partial charge in [0.25, 0.3) is 0 Å². The summed E-state index contributed by atoms with van der Waals surface area (Å²) in [6.45, 7) is 2.36. The van der Waals surface area contributed by atoms with E-state index in [9.17, 15) is 5.11 Å². The average Bonchev–Trinajstić information content (AvgIpc) is 2.18. The number of aliphatic hydroxyl groups excluding tert-OH is 1. The predicted molar refractivity (Wildman–Crippen MR) is 56.1 cm³/mol. The van der Waals surface area contributed by atoms with Gasteiger partial charge in [0.15, 0.2) is 0 Å². The van der Waals surface area contributed by atoms with Gasteiger partial charge in [-0.25, -0.2) is 0 Å². The van der Waals surface area contributed by atoms with Crippen LogP contribution in [0.1, 0.15) is 45.4 Å². The molecule has 2 aliphatic carbocycles. The third kappa shape index (κ3) is 1.59. The number of ether oxygens (including phenoxy) is 1. The highest BCUT2D eigenvalue weighted by atomic mass is 16.5. The molecule has 0 saturated heterocycles. The summed E-state index contributed by atoms with van der Waals surface area (Å²) in [5.41, 5.74) is 0.340. The molecule has 0 spiro atoms. The van der Waals surface area contributed by atoms with Crippen LogP contribution < -0.4 is 0 Å². The zero-order valence-electron chi connectivity index (χ0n) is 9.33. The van der Waals surface area contributed by atoms with Crippen LogP contribution in [0, 0.1) is 11.3 Å². The van der Waals surface area contributed by atoms with E-state index in [0.717, 1.165) is 19.3 Å². The monoisotopic (exact) mass is 198 g/mol. The van der Waals surface area contributed by atoms with Gasteiger partial charge in [0.1, 0.15) is 0 Å². The Morgan fingerprint density at radius 2 is 2.07 bits per heavy atom. The summed E-state index contributed by atoms with van der Waals surface area (Å²) in [5.74, 6) is 0.685. The van der Waals surface area contributed by atoms with Gasteiger partial charge in [-0.05, 0) is 43.4 Å². The largest absolute Gasteiger partial charge is 0.393 e. The normalized spacial score (nSPS) is 48.6. The van der Waals surface area contributed by atoms with Crippen LogP contribution in [0.4, 0.5) is 0 Å². The van der Waals surface area contributed by atoms with E-state index in [1.165, 1.54) is 19.3 Å². The first-order chi connectivity index (χ1) is 6.66. The molecule has 2 aliphatic rings. The van der Waals surface area contributed by atoms with Crippen molar-refractivity contribution in [3.05, 3.63) is 0 Å². The van der Waals surface area contributed by atoms with Gasteiger partial charge in [-0.1, -0.05) is 13.3 Å². The molecule has 0 aromatic rings. The van der Waals surface area contributed by atoms with E-state index in [-0.39, 0.29) is 6.10 Å². The molecule has 2 nitrogen and oxygen atoms in total. The molecule has 0 heterocycles. The highest BCUT2D eigenvalue weighted by molar-refractivity contribution is 4.97. The van der Waals surface area contributed by atoms with Crippen molar-refractivity contribution < 1.29 is 9.84 Å². The Hall–Kier alpha value is -0.0800. The zero-order chi connectivity index (χ0) is 10.2. The van der Waals surface area contributed by atoms with Crippen molar-refractivity contribution in [2.24, 2.45) is 11.3 Å². The Balaban J connectivity index is 2.13. The molecule has 0 aromatic carbocycles. The summed E-state index contributed by atoms with van der Waals surface area (Å²) < 4.78 is 5.62. The van der Waals surface area contributed by atoms with Crippen molar-refractivity contribution in [2.45, 2.75) is 57.7 Å². The molecule has 0 aliphatic heterocycles. The first-order valence-electron chi connectivity index (χ1n) is 5.87. The molecule has 4 atom stereocenters. The SMILES string of the molecule is CO[C@@H]1CCC[C@@H]2CC(O)CC[C@]21C. The van der Waals surface area contributed by atoms with E-state index in [0.29, 0.717) is 17.4 Å². The second-order valence-electron chi connectivity index (χ2n) is 5.29. The second kappa shape index (κ2) is 3.82. The molecule has 0 amide bonds. The minimum absolute atomic E-state index is 0.0521. The van der Waals surface area contributed by atoms with Crippen molar-refractivity contribution in [2.75, 3.05) is 7.11 Å². The maximum atomic E-state index is 9.68. The average molecular weight is 198 g/mol. The molecule has 2 rings (SSSR count). The first kappa shape index (κ1) is 10.4. The van der Waals surface area contributed by atoms with E-state index in [2.05, 4.69) is 6.92 Å². The van der Waals surface area contributed by atoms with Gasteiger partial charge < -0.3 is 9.84 Å². The number of hydrogen-bond acceptors (Lipinski definition) is 2. The highest BCUT2D eigenvalue weighted by Crippen LogP contribution is 2.51. The van der Waals surface area contributed by atoms with Crippen molar-refractivity contribution >= 4 is 0 Å². The van der Waals surface area contributed by atoms with E-state index in [1.807, 2.05) is 7.11 Å². The topological polar surface area (TPSA) is 29.5 Å². The molecular formula is C12H22O2. The van der Waals surface area contributed by atoms with E-state index in [1.54, 1.807) is 0 Å². The maximum absolute atomic E-state index is 9.68. The van der Waals surface area contributed by atoms with Crippen molar-refractivity contribution in [1.29, 1.82) is 0 Å². The van der Waals surface area contributed by atoms with Gasteiger partial charge in [0.2, 0.25) is 0 Å². The number of aliphatic hydroxyl groups is 1. The number of methoxy groups -OCH3 is 1. The predicted octanol–water partition coefficient (Wildman–Crippen LogP) is 2.35. The summed E-state index contributed by atoms with van der Waals surface area (Å²) in [5, 5.41) is 9.68. The fourth-order valence-electron chi connectivity index (χ4n) is 3.54. The smallest absolute Gasteiger partial charge is 0.0627 e. The van der Waals surface area contributed by atoms with Crippen LogP contribution in [0.3, 0.4) is 0 Å². The third-order valence-corrected chi connectivity index (χ3v) is 4.54. The van der Waals surface area contributed by atoms with Gasteiger partial charge in [0, 0.05) is 7.11 Å². The molecule has 2 saturated carbocycles. The Kier molecular flexibility index (Phi) is 2.85. The van der Waals surface area contributed by atoms with Crippen molar-refractivity contribution in [3.63, 3.8) is 0 Å². The van der Waals surface area contributed by atoms with Crippen LogP contribution in [-0.2, 0) is 4.74 Å². The van der Waals surface area contributed by atoms with Crippen LogP contribution in [0.5, 0.6) is 0 Å². The summed E-state index contributed by atoms with van der Waals surface area (Å²) in [6, 6.07) is 0. The second-order valence-corrected chi connectivity index (χ2v) is 5.29. The first-order valence-corrected chi connectivity index (χ1v) is 5.87. The standard InChI is InChI=1S/C12H22O2/c1-12-7-6-10(13)8-9(12)4-3-5-11(12)14-2/h9-11,13H,3-8H2,1-2H3/t9-,10?,11-,12-/m1/s1. The van der Waals surface area contributed by atoms with E-state index >= 15 is 0 Å². The lowest BCUT2D eigenvalue weighted by Crippen LogP contribution is -2.48. The number of rotatable bonds is 1. The molecule has 0 bridgehead atoms. The molecule has 2 fully saturated rings. The van der Waals surface area contributed by atoms with Crippen LogP contribution in [-0.4, -0.2) is 24.4 Å². The molecule has 82 valence electrons. The van der Waals surface area contributed by atoms with Gasteiger partial charge in [-0.15, -0.1) is 0 Å². The molecule has 2 heteroatoms. The Labute approximate surface area is 86.6 Å². The van der Waals surface area contributed by atoms with Crippen LogP contribution in [0.2, 0.25) is 0 Å². The molecule has 1 unspecified atom stereocenters. The minimum Gasteiger partial charge on any atom is -0.393 e. The quantitative estimate of drug-likeness (QED) is 0.701. The number of hydrogen-bond donors (Lipinski definition) is 1. The molecular weight excluding hydrogens is 176 g/mol. The van der Waals surface area contributed by atoms with Crippen molar-refractivity contribution in [3.8, 4) is 0 Å².